The molecule has 0 unspecified atom stereocenters. The van der Waals surface area contributed by atoms with E-state index >= 15 is 0 Å². The first-order valence-electron chi connectivity index (χ1n) is 8.09. The number of carbonyl (C=O) groups is 2. The number of esters is 1. The van der Waals surface area contributed by atoms with Crippen molar-refractivity contribution in [3.8, 4) is 5.75 Å². The quantitative estimate of drug-likeness (QED) is 0.722. The van der Waals surface area contributed by atoms with E-state index in [4.69, 9.17) is 32.7 Å². The molecule has 0 aliphatic carbocycles. The maximum Gasteiger partial charge on any atom is 0.344 e. The van der Waals surface area contributed by atoms with Crippen molar-refractivity contribution in [1.29, 1.82) is 0 Å². The highest BCUT2D eigenvalue weighted by Gasteiger charge is 2.30. The third-order valence-electron chi connectivity index (χ3n) is 4.07. The van der Waals surface area contributed by atoms with Gasteiger partial charge >= 0.3 is 5.97 Å². The number of hydrogen-bond donors (Lipinski definition) is 0. The number of anilines is 1. The molecule has 1 amide bonds. The molecule has 0 N–H and O–H groups in total. The molecule has 5 nitrogen and oxygen atoms in total. The van der Waals surface area contributed by atoms with Gasteiger partial charge in [-0.1, -0.05) is 41.4 Å². The van der Waals surface area contributed by atoms with E-state index in [0.29, 0.717) is 15.8 Å². The lowest BCUT2D eigenvalue weighted by molar-refractivity contribution is -0.149. The average molecular weight is 394 g/mol. The van der Waals surface area contributed by atoms with Crippen LogP contribution in [0, 0.1) is 0 Å². The molecule has 0 radical (unpaired) electrons. The molecular formula is C19H17Cl2NO4. The van der Waals surface area contributed by atoms with Gasteiger partial charge in [-0.3, -0.25) is 4.79 Å². The molecule has 0 saturated carbocycles. The first-order valence-corrected chi connectivity index (χ1v) is 8.84. The predicted molar refractivity (Wildman–Crippen MR) is 100 cm³/mol. The maximum absolute atomic E-state index is 12.5. The molecule has 1 aliphatic heterocycles. The fourth-order valence-electron chi connectivity index (χ4n) is 2.93. The van der Waals surface area contributed by atoms with Gasteiger partial charge in [-0.15, -0.1) is 0 Å². The van der Waals surface area contributed by atoms with Crippen LogP contribution < -0.4 is 9.64 Å². The molecule has 1 atom stereocenters. The molecule has 2 aromatic carbocycles. The summed E-state index contributed by atoms with van der Waals surface area (Å²) in [6.45, 7) is 1.28. The molecule has 136 valence electrons. The highest BCUT2D eigenvalue weighted by atomic mass is 35.5. The van der Waals surface area contributed by atoms with E-state index in [0.717, 1.165) is 17.7 Å². The largest absolute Gasteiger partial charge is 0.480 e. The summed E-state index contributed by atoms with van der Waals surface area (Å²) in [5, 5.41) is 0.763. The van der Waals surface area contributed by atoms with Crippen LogP contribution in [0.5, 0.6) is 5.75 Å². The SMILES string of the molecule is C[C@@H]1Cc2ccccc2N1C(=O)COC(=O)COc1ccc(Cl)cc1Cl. The number of fused-ring (bicyclic) bond motifs is 1. The van der Waals surface area contributed by atoms with Gasteiger partial charge in [-0.25, -0.2) is 4.79 Å². The van der Waals surface area contributed by atoms with Crippen LogP contribution in [0.3, 0.4) is 0 Å². The molecule has 1 heterocycles. The highest BCUT2D eigenvalue weighted by Crippen LogP contribution is 2.31. The molecule has 26 heavy (non-hydrogen) atoms. The summed E-state index contributed by atoms with van der Waals surface area (Å²) < 4.78 is 10.3. The van der Waals surface area contributed by atoms with Crippen LogP contribution in [0.15, 0.2) is 42.5 Å². The molecule has 0 bridgehead atoms. The van der Waals surface area contributed by atoms with Gasteiger partial charge < -0.3 is 14.4 Å². The lowest BCUT2D eigenvalue weighted by Gasteiger charge is -2.22. The van der Waals surface area contributed by atoms with Crippen LogP contribution in [-0.4, -0.2) is 31.1 Å². The number of amides is 1. The van der Waals surface area contributed by atoms with Crippen LogP contribution in [0.4, 0.5) is 5.69 Å². The van der Waals surface area contributed by atoms with Crippen molar-refractivity contribution < 1.29 is 19.1 Å². The standard InChI is InChI=1S/C19H17Cl2NO4/c1-12-8-13-4-2-3-5-16(13)22(12)18(23)10-26-19(24)11-25-17-7-6-14(20)9-15(17)21/h2-7,9,12H,8,10-11H2,1H3/t12-/m1/s1. The van der Waals surface area contributed by atoms with E-state index in [1.807, 2.05) is 31.2 Å². The van der Waals surface area contributed by atoms with Crippen LogP contribution in [0.25, 0.3) is 0 Å². The third-order valence-corrected chi connectivity index (χ3v) is 4.60. The van der Waals surface area contributed by atoms with E-state index in [1.54, 1.807) is 17.0 Å². The Morgan fingerprint density at radius 3 is 2.69 bits per heavy atom. The molecule has 1 aliphatic rings. The Balaban J connectivity index is 1.52. The summed E-state index contributed by atoms with van der Waals surface area (Å²) in [5.74, 6) is -0.591. The smallest absolute Gasteiger partial charge is 0.344 e. The number of carbonyl (C=O) groups excluding carboxylic acids is 2. The summed E-state index contributed by atoms with van der Waals surface area (Å²) >= 11 is 11.8. The Morgan fingerprint density at radius 2 is 1.92 bits per heavy atom. The normalized spacial score (nSPS) is 15.5. The van der Waals surface area contributed by atoms with E-state index in [2.05, 4.69) is 0 Å². The van der Waals surface area contributed by atoms with Gasteiger partial charge in [-0.05, 0) is 43.2 Å². The minimum atomic E-state index is -0.649. The molecule has 0 aromatic heterocycles. The number of rotatable bonds is 5. The van der Waals surface area contributed by atoms with Crippen molar-refractivity contribution in [3.63, 3.8) is 0 Å². The van der Waals surface area contributed by atoms with Crippen LogP contribution >= 0.6 is 23.2 Å². The first kappa shape index (κ1) is 18.5. The second-order valence-electron chi connectivity index (χ2n) is 5.97. The number of nitrogens with zero attached hydrogens (tertiary/aromatic N) is 1. The predicted octanol–water partition coefficient (Wildman–Crippen LogP) is 3.89. The monoisotopic (exact) mass is 393 g/mol. The Kier molecular flexibility index (Phi) is 5.69. The summed E-state index contributed by atoms with van der Waals surface area (Å²) in [6, 6.07) is 12.4. The second-order valence-corrected chi connectivity index (χ2v) is 6.81. The van der Waals surface area contributed by atoms with E-state index in [1.165, 1.54) is 6.07 Å². The average Bonchev–Trinajstić information content (AvgIpc) is 2.94. The van der Waals surface area contributed by atoms with Gasteiger partial charge in [0.2, 0.25) is 0 Å². The van der Waals surface area contributed by atoms with E-state index in [-0.39, 0.29) is 25.2 Å². The fourth-order valence-corrected chi connectivity index (χ4v) is 3.39. The number of halogens is 2. The summed E-state index contributed by atoms with van der Waals surface area (Å²) in [7, 11) is 0. The number of para-hydroxylation sites is 1. The van der Waals surface area contributed by atoms with E-state index in [9.17, 15) is 9.59 Å². The first-order chi connectivity index (χ1) is 12.5. The Labute approximate surface area is 161 Å². The Hall–Kier alpha value is -2.24. The van der Waals surface area contributed by atoms with Crippen molar-refractivity contribution in [2.75, 3.05) is 18.1 Å². The Bertz CT molecular complexity index is 840. The number of hydrogen-bond acceptors (Lipinski definition) is 4. The minimum absolute atomic E-state index is 0.0303. The van der Waals surface area contributed by atoms with Crippen LogP contribution in [0.2, 0.25) is 10.0 Å². The van der Waals surface area contributed by atoms with Crippen molar-refractivity contribution in [2.24, 2.45) is 0 Å². The summed E-state index contributed by atoms with van der Waals surface area (Å²) in [5.41, 5.74) is 1.98. The van der Waals surface area contributed by atoms with Gasteiger partial charge in [0.15, 0.2) is 13.2 Å². The Morgan fingerprint density at radius 1 is 1.15 bits per heavy atom. The molecule has 2 aromatic rings. The minimum Gasteiger partial charge on any atom is -0.480 e. The van der Waals surface area contributed by atoms with Gasteiger partial charge in [0.1, 0.15) is 5.75 Å². The highest BCUT2D eigenvalue weighted by molar-refractivity contribution is 6.35. The fraction of sp³-hybridized carbons (Fsp3) is 0.263. The number of benzene rings is 2. The molecule has 7 heteroatoms. The summed E-state index contributed by atoms with van der Waals surface area (Å²) in [6.07, 6.45) is 0.786. The van der Waals surface area contributed by atoms with Crippen molar-refractivity contribution in [2.45, 2.75) is 19.4 Å². The van der Waals surface area contributed by atoms with E-state index < -0.39 is 5.97 Å². The van der Waals surface area contributed by atoms with Gasteiger partial charge in [0.05, 0.1) is 5.02 Å². The third kappa shape index (κ3) is 4.11. The molecule has 0 saturated heterocycles. The van der Waals surface area contributed by atoms with Gasteiger partial charge in [0, 0.05) is 16.8 Å². The van der Waals surface area contributed by atoms with Crippen LogP contribution in [-0.2, 0) is 20.7 Å². The molecule has 0 fully saturated rings. The second kappa shape index (κ2) is 7.98. The lowest BCUT2D eigenvalue weighted by Crippen LogP contribution is -2.39. The van der Waals surface area contributed by atoms with Crippen molar-refractivity contribution in [1.82, 2.24) is 0 Å². The zero-order chi connectivity index (χ0) is 18.7. The maximum atomic E-state index is 12.5. The van der Waals surface area contributed by atoms with Gasteiger partial charge in [0.25, 0.3) is 5.91 Å². The zero-order valence-electron chi connectivity index (χ0n) is 14.1. The molecule has 3 rings (SSSR count). The number of ether oxygens (including phenoxy) is 2. The van der Waals surface area contributed by atoms with Crippen molar-refractivity contribution >= 4 is 40.8 Å². The topological polar surface area (TPSA) is 55.8 Å². The van der Waals surface area contributed by atoms with Crippen LogP contribution in [0.1, 0.15) is 12.5 Å². The zero-order valence-corrected chi connectivity index (χ0v) is 15.6. The summed E-state index contributed by atoms with van der Waals surface area (Å²) in [4.78, 5) is 26.0. The molecule has 0 spiro atoms. The molecular weight excluding hydrogens is 377 g/mol. The lowest BCUT2D eigenvalue weighted by atomic mass is 10.1. The van der Waals surface area contributed by atoms with Crippen molar-refractivity contribution in [3.05, 3.63) is 58.1 Å². The van der Waals surface area contributed by atoms with Gasteiger partial charge in [-0.2, -0.15) is 0 Å².